The van der Waals surface area contributed by atoms with Crippen LogP contribution in [0.15, 0.2) is 53.4 Å². The van der Waals surface area contributed by atoms with E-state index in [0.717, 1.165) is 45.7 Å². The van der Waals surface area contributed by atoms with Gasteiger partial charge in [-0.2, -0.15) is 0 Å². The number of amides is 2. The molecule has 2 heterocycles. The fourth-order valence-corrected chi connectivity index (χ4v) is 5.00. The van der Waals surface area contributed by atoms with E-state index < -0.39 is 17.0 Å². The van der Waals surface area contributed by atoms with Gasteiger partial charge in [0, 0.05) is 27.7 Å². The molecule has 0 atom stereocenters. The number of benzene rings is 2. The van der Waals surface area contributed by atoms with Crippen LogP contribution >= 0.6 is 23.4 Å². The van der Waals surface area contributed by atoms with Gasteiger partial charge in [-0.15, -0.1) is 0 Å². The molecule has 4 nitrogen and oxygen atoms in total. The summed E-state index contributed by atoms with van der Waals surface area (Å²) in [5.41, 5.74) is 5.34. The summed E-state index contributed by atoms with van der Waals surface area (Å²) in [7, 11) is 0. The van der Waals surface area contributed by atoms with E-state index >= 15 is 0 Å². The van der Waals surface area contributed by atoms with E-state index in [2.05, 4.69) is 23.6 Å². The molecule has 32 heavy (non-hydrogen) atoms. The number of thioether (sulfide) groups is 1. The topological polar surface area (TPSA) is 42.3 Å². The van der Waals surface area contributed by atoms with Gasteiger partial charge in [0.15, 0.2) is 0 Å². The molecule has 1 saturated heterocycles. The van der Waals surface area contributed by atoms with Crippen molar-refractivity contribution in [2.45, 2.75) is 33.7 Å². The van der Waals surface area contributed by atoms with Crippen molar-refractivity contribution in [1.29, 1.82) is 0 Å². The zero-order chi connectivity index (χ0) is 23.0. The highest BCUT2D eigenvalue weighted by Gasteiger charge is 2.36. The Morgan fingerprint density at radius 3 is 2.56 bits per heavy atom. The largest absolute Gasteiger partial charge is 0.318 e. The SMILES string of the molecule is CCc1ccccc1-n1c(C)cc(/C=C2\SC(=O)N(Cc3c(F)cccc3Cl)C2=O)c1C. The molecule has 0 bridgehead atoms. The molecule has 0 aliphatic carbocycles. The summed E-state index contributed by atoms with van der Waals surface area (Å²) in [6.45, 7) is 5.93. The Kier molecular flexibility index (Phi) is 6.26. The van der Waals surface area contributed by atoms with E-state index in [4.69, 9.17) is 11.6 Å². The molecule has 0 spiro atoms. The van der Waals surface area contributed by atoms with Gasteiger partial charge in [-0.25, -0.2) is 4.39 Å². The van der Waals surface area contributed by atoms with E-state index in [1.165, 1.54) is 23.8 Å². The maximum absolute atomic E-state index is 14.2. The minimum Gasteiger partial charge on any atom is -0.318 e. The van der Waals surface area contributed by atoms with E-state index in [0.29, 0.717) is 4.91 Å². The van der Waals surface area contributed by atoms with Crippen molar-refractivity contribution >= 4 is 40.6 Å². The number of nitrogens with zero attached hydrogens (tertiary/aromatic N) is 2. The zero-order valence-electron chi connectivity index (χ0n) is 18.0. The average Bonchev–Trinajstić information content (AvgIpc) is 3.19. The highest BCUT2D eigenvalue weighted by atomic mass is 35.5. The number of rotatable bonds is 5. The Balaban J connectivity index is 1.67. The quantitative estimate of drug-likeness (QED) is 0.392. The van der Waals surface area contributed by atoms with Gasteiger partial charge in [0.2, 0.25) is 0 Å². The monoisotopic (exact) mass is 468 g/mol. The molecule has 3 aromatic rings. The molecule has 2 aromatic carbocycles. The Morgan fingerprint density at radius 2 is 1.84 bits per heavy atom. The Bertz CT molecular complexity index is 1240. The predicted octanol–water partition coefficient (Wildman–Crippen LogP) is 6.69. The van der Waals surface area contributed by atoms with E-state index in [1.807, 2.05) is 32.0 Å². The molecule has 4 rings (SSSR count). The summed E-state index contributed by atoms with van der Waals surface area (Å²) < 4.78 is 16.3. The molecule has 2 amide bonds. The lowest BCUT2D eigenvalue weighted by Gasteiger charge is -2.14. The summed E-state index contributed by atoms with van der Waals surface area (Å²) >= 11 is 6.94. The van der Waals surface area contributed by atoms with Gasteiger partial charge in [-0.3, -0.25) is 14.5 Å². The Hall–Kier alpha value is -2.83. The van der Waals surface area contributed by atoms with Gasteiger partial charge in [0.25, 0.3) is 11.1 Å². The van der Waals surface area contributed by atoms with Crippen molar-refractivity contribution in [3.63, 3.8) is 0 Å². The smallest absolute Gasteiger partial charge is 0.293 e. The normalized spacial score (nSPS) is 15.3. The van der Waals surface area contributed by atoms with Crippen molar-refractivity contribution in [1.82, 2.24) is 9.47 Å². The van der Waals surface area contributed by atoms with Gasteiger partial charge in [0.05, 0.1) is 11.4 Å². The number of carbonyl (C=O) groups excluding carboxylic acids is 2. The van der Waals surface area contributed by atoms with Crippen molar-refractivity contribution < 1.29 is 14.0 Å². The molecule has 0 N–H and O–H groups in total. The molecule has 164 valence electrons. The molecule has 0 unspecified atom stereocenters. The first kappa shape index (κ1) is 22.4. The third-order valence-electron chi connectivity index (χ3n) is 5.62. The van der Waals surface area contributed by atoms with E-state index in [9.17, 15) is 14.0 Å². The van der Waals surface area contributed by atoms with Gasteiger partial charge < -0.3 is 4.57 Å². The van der Waals surface area contributed by atoms with Crippen LogP contribution in [0.25, 0.3) is 11.8 Å². The van der Waals surface area contributed by atoms with E-state index in [1.54, 1.807) is 6.08 Å². The second-order valence-electron chi connectivity index (χ2n) is 7.61. The summed E-state index contributed by atoms with van der Waals surface area (Å²) in [6, 6.07) is 14.5. The summed E-state index contributed by atoms with van der Waals surface area (Å²) in [6.07, 6.45) is 2.64. The maximum atomic E-state index is 14.2. The summed E-state index contributed by atoms with van der Waals surface area (Å²) in [5.74, 6) is -0.989. The highest BCUT2D eigenvalue weighted by molar-refractivity contribution is 8.18. The molecule has 0 radical (unpaired) electrons. The van der Waals surface area contributed by atoms with Crippen LogP contribution in [0.2, 0.25) is 5.02 Å². The first-order chi connectivity index (χ1) is 15.3. The van der Waals surface area contributed by atoms with Crippen LogP contribution in [0, 0.1) is 19.7 Å². The number of hydrogen-bond donors (Lipinski definition) is 0. The van der Waals surface area contributed by atoms with Gasteiger partial charge in [-0.1, -0.05) is 42.8 Å². The zero-order valence-corrected chi connectivity index (χ0v) is 19.6. The third kappa shape index (κ3) is 4.00. The molecule has 1 aliphatic heterocycles. The van der Waals surface area contributed by atoms with Gasteiger partial charge in [-0.05, 0) is 73.5 Å². The number of aromatic nitrogens is 1. The van der Waals surface area contributed by atoms with Crippen LogP contribution in [0.4, 0.5) is 9.18 Å². The molecule has 1 fully saturated rings. The first-order valence-electron chi connectivity index (χ1n) is 10.3. The van der Waals surface area contributed by atoms with E-state index in [-0.39, 0.29) is 17.1 Å². The molecule has 1 aromatic heterocycles. The number of carbonyl (C=O) groups is 2. The second kappa shape index (κ2) is 8.96. The molecule has 0 saturated carbocycles. The molecular formula is C25H22ClFN2O2S. The van der Waals surface area contributed by atoms with Crippen molar-refractivity contribution in [3.8, 4) is 5.69 Å². The lowest BCUT2D eigenvalue weighted by Crippen LogP contribution is -2.28. The summed E-state index contributed by atoms with van der Waals surface area (Å²) in [5, 5.41) is -0.253. The van der Waals surface area contributed by atoms with Crippen LogP contribution in [0.5, 0.6) is 0 Å². The van der Waals surface area contributed by atoms with Gasteiger partial charge >= 0.3 is 0 Å². The van der Waals surface area contributed by atoms with Crippen molar-refractivity contribution in [3.05, 3.63) is 92.4 Å². The fourth-order valence-electron chi connectivity index (χ4n) is 3.95. The highest BCUT2D eigenvalue weighted by Crippen LogP contribution is 2.36. The van der Waals surface area contributed by atoms with Crippen molar-refractivity contribution in [2.75, 3.05) is 0 Å². The summed E-state index contributed by atoms with van der Waals surface area (Å²) in [4.78, 5) is 26.8. The number of aryl methyl sites for hydroxylation is 2. The van der Waals surface area contributed by atoms with Crippen LogP contribution in [-0.4, -0.2) is 20.6 Å². The van der Waals surface area contributed by atoms with Crippen molar-refractivity contribution in [2.24, 2.45) is 0 Å². The van der Waals surface area contributed by atoms with Crippen LogP contribution < -0.4 is 0 Å². The molecular weight excluding hydrogens is 447 g/mol. The number of imide groups is 1. The van der Waals surface area contributed by atoms with Crippen LogP contribution in [-0.2, 0) is 17.8 Å². The second-order valence-corrected chi connectivity index (χ2v) is 9.01. The fraction of sp³-hybridized carbons (Fsp3) is 0.200. The Labute approximate surface area is 195 Å². The van der Waals surface area contributed by atoms with Crippen LogP contribution in [0.1, 0.15) is 35.0 Å². The number of para-hydroxylation sites is 1. The average molecular weight is 469 g/mol. The minimum atomic E-state index is -0.543. The lowest BCUT2D eigenvalue weighted by atomic mass is 10.1. The maximum Gasteiger partial charge on any atom is 0.293 e. The number of hydrogen-bond acceptors (Lipinski definition) is 3. The lowest BCUT2D eigenvalue weighted by molar-refractivity contribution is -0.123. The Morgan fingerprint density at radius 1 is 1.09 bits per heavy atom. The standard InChI is InChI=1S/C25H22ClFN2O2S/c1-4-17-8-5-6-11-22(17)29-15(2)12-18(16(29)3)13-23-24(30)28(25(31)32-23)14-19-20(26)9-7-10-21(19)27/h5-13H,4,14H2,1-3H3/b23-13-. The van der Waals surface area contributed by atoms with Gasteiger partial charge in [0.1, 0.15) is 5.82 Å². The molecule has 7 heteroatoms. The first-order valence-corrected chi connectivity index (χ1v) is 11.5. The number of halogens is 2. The molecule has 1 aliphatic rings. The third-order valence-corrected chi connectivity index (χ3v) is 6.88. The predicted molar refractivity (Wildman–Crippen MR) is 128 cm³/mol. The van der Waals surface area contributed by atoms with Crippen LogP contribution in [0.3, 0.4) is 0 Å². The minimum absolute atomic E-state index is 0.132.